The zero-order chi connectivity index (χ0) is 9.30. The van der Waals surface area contributed by atoms with Gasteiger partial charge in [0.05, 0.1) is 12.5 Å². The van der Waals surface area contributed by atoms with Gasteiger partial charge >= 0.3 is 5.97 Å². The Morgan fingerprint density at radius 3 is 2.67 bits per heavy atom. The molecule has 1 heterocycles. The molecule has 1 aliphatic heterocycles. The van der Waals surface area contributed by atoms with E-state index < -0.39 is 6.10 Å². The largest absolute Gasteiger partial charge is 0.462 e. The molecule has 1 N–H and O–H groups in total. The molecule has 0 amide bonds. The minimum atomic E-state index is -0.529. The summed E-state index contributed by atoms with van der Waals surface area (Å²) in [6.07, 6.45) is -0.510. The summed E-state index contributed by atoms with van der Waals surface area (Å²) in [6, 6.07) is 0. The molecule has 1 aliphatic rings. The smallest absolute Gasteiger partial charge is 0.308 e. The normalized spacial score (nSPS) is 36.8. The Labute approximate surface area is 72.7 Å². The summed E-state index contributed by atoms with van der Waals surface area (Å²) in [4.78, 5) is 11.0. The van der Waals surface area contributed by atoms with Gasteiger partial charge in [-0.3, -0.25) is 4.79 Å². The molecule has 3 heteroatoms. The predicted octanol–water partition coefficient (Wildman–Crippen LogP) is 0.955. The summed E-state index contributed by atoms with van der Waals surface area (Å²) in [7, 11) is 0. The number of cyclic esters (lactones) is 1. The van der Waals surface area contributed by atoms with Crippen molar-refractivity contribution < 1.29 is 14.6 Å². The van der Waals surface area contributed by atoms with Crippen LogP contribution in [0.5, 0.6) is 0 Å². The molecule has 1 saturated heterocycles. The summed E-state index contributed by atoms with van der Waals surface area (Å²) in [5, 5.41) is 9.47. The highest BCUT2D eigenvalue weighted by Gasteiger charge is 2.36. The summed E-state index contributed by atoms with van der Waals surface area (Å²) in [6.45, 7) is 5.90. The fourth-order valence-electron chi connectivity index (χ4n) is 1.63. The highest BCUT2D eigenvalue weighted by molar-refractivity contribution is 5.71. The van der Waals surface area contributed by atoms with Crippen molar-refractivity contribution in [3.8, 4) is 0 Å². The van der Waals surface area contributed by atoms with Crippen LogP contribution < -0.4 is 0 Å². The molecule has 3 nitrogen and oxygen atoms in total. The molecular formula is C9H16O3. The van der Waals surface area contributed by atoms with Gasteiger partial charge in [0.2, 0.25) is 0 Å². The number of hydrogen-bond donors (Lipinski definition) is 1. The first-order valence-corrected chi connectivity index (χ1v) is 4.40. The molecule has 0 aliphatic carbocycles. The van der Waals surface area contributed by atoms with Crippen molar-refractivity contribution in [2.24, 2.45) is 11.8 Å². The molecule has 0 aromatic heterocycles. The third-order valence-corrected chi connectivity index (χ3v) is 2.43. The van der Waals surface area contributed by atoms with E-state index in [4.69, 9.17) is 4.74 Å². The minimum absolute atomic E-state index is 0.0581. The van der Waals surface area contributed by atoms with Crippen LogP contribution in [0.2, 0.25) is 0 Å². The van der Waals surface area contributed by atoms with E-state index in [1.807, 2.05) is 20.8 Å². The molecule has 70 valence electrons. The standard InChI is InChI=1S/C9H16O3/c1-5(2)9-6(3)7(10)4-8(11)12-9/h5-7,9-10H,4H2,1-3H3/t6-,7-,9-/m1/s1. The first kappa shape index (κ1) is 9.52. The SMILES string of the molecule is CC(C)[C@H]1OC(=O)C[C@@H](O)[C@H]1C. The van der Waals surface area contributed by atoms with Crippen molar-refractivity contribution in [2.45, 2.75) is 39.4 Å². The lowest BCUT2D eigenvalue weighted by atomic mass is 9.87. The van der Waals surface area contributed by atoms with Crippen molar-refractivity contribution >= 4 is 5.97 Å². The van der Waals surface area contributed by atoms with E-state index in [1.54, 1.807) is 0 Å². The van der Waals surface area contributed by atoms with E-state index in [1.165, 1.54) is 0 Å². The lowest BCUT2D eigenvalue weighted by molar-refractivity contribution is -0.171. The average molecular weight is 172 g/mol. The van der Waals surface area contributed by atoms with Gasteiger partial charge in [0, 0.05) is 5.92 Å². The summed E-state index contributed by atoms with van der Waals surface area (Å²) in [5.74, 6) is 0.0564. The molecule has 0 aromatic carbocycles. The fraction of sp³-hybridized carbons (Fsp3) is 0.889. The number of rotatable bonds is 1. The lowest BCUT2D eigenvalue weighted by Crippen LogP contribution is -2.43. The van der Waals surface area contributed by atoms with E-state index in [2.05, 4.69) is 0 Å². The number of carbonyl (C=O) groups is 1. The van der Waals surface area contributed by atoms with Crippen LogP contribution >= 0.6 is 0 Å². The van der Waals surface area contributed by atoms with Crippen LogP contribution in [0, 0.1) is 11.8 Å². The monoisotopic (exact) mass is 172 g/mol. The number of aliphatic hydroxyl groups excluding tert-OH is 1. The van der Waals surface area contributed by atoms with E-state index in [0.29, 0.717) is 0 Å². The maximum atomic E-state index is 11.0. The van der Waals surface area contributed by atoms with Gasteiger partial charge in [-0.25, -0.2) is 0 Å². The van der Waals surface area contributed by atoms with Gasteiger partial charge in [-0.05, 0) is 5.92 Å². The second-order valence-corrected chi connectivity index (χ2v) is 3.83. The van der Waals surface area contributed by atoms with E-state index in [0.717, 1.165) is 0 Å². The van der Waals surface area contributed by atoms with Crippen LogP contribution in [0.1, 0.15) is 27.2 Å². The second-order valence-electron chi connectivity index (χ2n) is 3.83. The van der Waals surface area contributed by atoms with Crippen LogP contribution in [0.3, 0.4) is 0 Å². The van der Waals surface area contributed by atoms with E-state index in [-0.39, 0.29) is 30.3 Å². The maximum Gasteiger partial charge on any atom is 0.308 e. The second kappa shape index (κ2) is 3.44. The van der Waals surface area contributed by atoms with Crippen LogP contribution in [0.4, 0.5) is 0 Å². The minimum Gasteiger partial charge on any atom is -0.462 e. The Kier molecular flexibility index (Phi) is 2.73. The van der Waals surface area contributed by atoms with Crippen molar-refractivity contribution in [3.05, 3.63) is 0 Å². The van der Waals surface area contributed by atoms with Gasteiger partial charge in [0.1, 0.15) is 6.10 Å². The third-order valence-electron chi connectivity index (χ3n) is 2.43. The highest BCUT2D eigenvalue weighted by Crippen LogP contribution is 2.26. The number of ether oxygens (including phenoxy) is 1. The zero-order valence-electron chi connectivity index (χ0n) is 7.78. The average Bonchev–Trinajstić information content (AvgIpc) is 1.96. The molecule has 3 atom stereocenters. The molecule has 0 aromatic rings. The molecular weight excluding hydrogens is 156 g/mol. The molecule has 0 bridgehead atoms. The first-order chi connectivity index (χ1) is 5.52. The number of esters is 1. The fourth-order valence-corrected chi connectivity index (χ4v) is 1.63. The van der Waals surface area contributed by atoms with Gasteiger partial charge < -0.3 is 9.84 Å². The van der Waals surface area contributed by atoms with E-state index in [9.17, 15) is 9.90 Å². The van der Waals surface area contributed by atoms with Gasteiger partial charge in [0.15, 0.2) is 0 Å². The summed E-state index contributed by atoms with van der Waals surface area (Å²) < 4.78 is 5.13. The van der Waals surface area contributed by atoms with E-state index >= 15 is 0 Å². The number of hydrogen-bond acceptors (Lipinski definition) is 3. The Morgan fingerprint density at radius 1 is 1.58 bits per heavy atom. The Morgan fingerprint density at radius 2 is 2.17 bits per heavy atom. The predicted molar refractivity (Wildman–Crippen MR) is 44.5 cm³/mol. The van der Waals surface area contributed by atoms with Crippen molar-refractivity contribution in [1.29, 1.82) is 0 Å². The van der Waals surface area contributed by atoms with Gasteiger partial charge in [-0.15, -0.1) is 0 Å². The van der Waals surface area contributed by atoms with Gasteiger partial charge in [0.25, 0.3) is 0 Å². The van der Waals surface area contributed by atoms with Crippen molar-refractivity contribution in [2.75, 3.05) is 0 Å². The molecule has 1 fully saturated rings. The van der Waals surface area contributed by atoms with Crippen LogP contribution in [-0.4, -0.2) is 23.3 Å². The third kappa shape index (κ3) is 1.78. The molecule has 0 unspecified atom stereocenters. The first-order valence-electron chi connectivity index (χ1n) is 4.40. The van der Waals surface area contributed by atoms with Crippen molar-refractivity contribution in [3.63, 3.8) is 0 Å². The maximum absolute atomic E-state index is 11.0. The molecule has 0 saturated carbocycles. The summed E-state index contributed by atoms with van der Waals surface area (Å²) >= 11 is 0. The lowest BCUT2D eigenvalue weighted by Gasteiger charge is -2.34. The summed E-state index contributed by atoms with van der Waals surface area (Å²) in [5.41, 5.74) is 0. The Bertz CT molecular complexity index is 177. The quantitative estimate of drug-likeness (QED) is 0.599. The van der Waals surface area contributed by atoms with Crippen LogP contribution in [-0.2, 0) is 9.53 Å². The van der Waals surface area contributed by atoms with Gasteiger partial charge in [-0.2, -0.15) is 0 Å². The Hall–Kier alpha value is -0.570. The molecule has 12 heavy (non-hydrogen) atoms. The topological polar surface area (TPSA) is 46.5 Å². The number of carbonyl (C=O) groups excluding carboxylic acids is 1. The Balaban J connectivity index is 2.66. The number of aliphatic hydroxyl groups is 1. The molecule has 1 rings (SSSR count). The molecule has 0 spiro atoms. The van der Waals surface area contributed by atoms with Gasteiger partial charge in [-0.1, -0.05) is 20.8 Å². The zero-order valence-corrected chi connectivity index (χ0v) is 7.78. The van der Waals surface area contributed by atoms with Crippen LogP contribution in [0.15, 0.2) is 0 Å². The van der Waals surface area contributed by atoms with Crippen molar-refractivity contribution in [1.82, 2.24) is 0 Å². The molecule has 0 radical (unpaired) electrons. The highest BCUT2D eigenvalue weighted by atomic mass is 16.5. The van der Waals surface area contributed by atoms with Crippen LogP contribution in [0.25, 0.3) is 0 Å².